The third-order valence-corrected chi connectivity index (χ3v) is 1.57. The fourth-order valence-corrected chi connectivity index (χ4v) is 1.00. The Morgan fingerprint density at radius 2 is 2.30 bits per heavy atom. The van der Waals surface area contributed by atoms with E-state index < -0.39 is 5.97 Å². The highest BCUT2D eigenvalue weighted by molar-refractivity contribution is 5.66. The zero-order chi connectivity index (χ0) is 7.98. The zero-order valence-corrected chi connectivity index (χ0v) is 6.47. The Bertz CT molecular complexity index is 99.4. The maximum atomic E-state index is 10.2. The molecule has 0 amide bonds. The first-order chi connectivity index (χ1) is 4.70. The number of hydrogen-bond acceptors (Lipinski definition) is 1. The van der Waals surface area contributed by atoms with Crippen LogP contribution in [0.1, 0.15) is 32.6 Å². The molecule has 0 fully saturated rings. The second kappa shape index (κ2) is 5.27. The maximum absolute atomic E-state index is 10.2. The lowest BCUT2D eigenvalue weighted by Crippen LogP contribution is -2.06. The van der Waals surface area contributed by atoms with Gasteiger partial charge in [0.05, 0.1) is 0 Å². The molecule has 10 heavy (non-hydrogen) atoms. The van der Waals surface area contributed by atoms with E-state index in [0.29, 0.717) is 0 Å². The predicted molar refractivity (Wildman–Crippen MR) is 40.6 cm³/mol. The summed E-state index contributed by atoms with van der Waals surface area (Å²) >= 11 is 0. The lowest BCUT2D eigenvalue weighted by atomic mass is 9.97. The van der Waals surface area contributed by atoms with E-state index >= 15 is 0 Å². The monoisotopic (exact) mass is 143 g/mol. The van der Waals surface area contributed by atoms with Crippen molar-refractivity contribution < 1.29 is 9.90 Å². The molecular weight excluding hydrogens is 128 g/mol. The number of hydrogen-bond donors (Lipinski definition) is 1. The minimum absolute atomic E-state index is 0.275. The lowest BCUT2D eigenvalue weighted by molar-refractivity contribution is -0.138. The summed E-state index contributed by atoms with van der Waals surface area (Å²) in [6, 6.07) is 0. The summed E-state index contributed by atoms with van der Waals surface area (Å²) in [4.78, 5) is 10.2. The van der Waals surface area contributed by atoms with Crippen molar-refractivity contribution in [2.24, 2.45) is 5.92 Å². The first kappa shape index (κ1) is 9.47. The van der Waals surface area contributed by atoms with Crippen molar-refractivity contribution in [2.75, 3.05) is 0 Å². The molecule has 0 saturated carbocycles. The quantitative estimate of drug-likeness (QED) is 0.640. The number of carboxylic acid groups (broad SMARTS) is 1. The molecule has 2 heteroatoms. The van der Waals surface area contributed by atoms with Gasteiger partial charge in [-0.15, -0.1) is 0 Å². The SMILES string of the molecule is [CH2]CC(CCC)CC(=O)O. The van der Waals surface area contributed by atoms with Gasteiger partial charge in [0.2, 0.25) is 0 Å². The van der Waals surface area contributed by atoms with E-state index in [1.165, 1.54) is 0 Å². The molecule has 0 aliphatic rings. The van der Waals surface area contributed by atoms with E-state index in [1.54, 1.807) is 0 Å². The van der Waals surface area contributed by atoms with E-state index in [1.807, 2.05) is 0 Å². The van der Waals surface area contributed by atoms with Gasteiger partial charge in [0, 0.05) is 6.42 Å². The average molecular weight is 143 g/mol. The lowest BCUT2D eigenvalue weighted by Gasteiger charge is -2.08. The van der Waals surface area contributed by atoms with Gasteiger partial charge in [-0.1, -0.05) is 26.7 Å². The van der Waals surface area contributed by atoms with Crippen LogP contribution >= 0.6 is 0 Å². The van der Waals surface area contributed by atoms with E-state index in [0.717, 1.165) is 19.3 Å². The summed E-state index contributed by atoms with van der Waals surface area (Å²) in [7, 11) is 0. The molecule has 2 nitrogen and oxygen atoms in total. The number of rotatable bonds is 5. The van der Waals surface area contributed by atoms with E-state index in [2.05, 4.69) is 13.8 Å². The van der Waals surface area contributed by atoms with Gasteiger partial charge in [0.1, 0.15) is 0 Å². The molecular formula is C8H15O2. The van der Waals surface area contributed by atoms with Crippen molar-refractivity contribution in [3.8, 4) is 0 Å². The Morgan fingerprint density at radius 3 is 2.60 bits per heavy atom. The van der Waals surface area contributed by atoms with Gasteiger partial charge in [0.25, 0.3) is 0 Å². The first-order valence-corrected chi connectivity index (χ1v) is 3.71. The third kappa shape index (κ3) is 4.36. The van der Waals surface area contributed by atoms with Crippen LogP contribution in [0.2, 0.25) is 0 Å². The van der Waals surface area contributed by atoms with Gasteiger partial charge in [-0.3, -0.25) is 4.79 Å². The Labute approximate surface area is 62.2 Å². The van der Waals surface area contributed by atoms with Crippen molar-refractivity contribution in [1.29, 1.82) is 0 Å². The standard InChI is InChI=1S/C8H15O2/c1-3-5-7(4-2)6-8(9)10/h7H,2-6H2,1H3,(H,9,10). The highest BCUT2D eigenvalue weighted by Gasteiger charge is 2.08. The van der Waals surface area contributed by atoms with Gasteiger partial charge in [-0.2, -0.15) is 0 Å². The topological polar surface area (TPSA) is 37.3 Å². The molecule has 0 heterocycles. The molecule has 1 radical (unpaired) electrons. The third-order valence-electron chi connectivity index (χ3n) is 1.57. The smallest absolute Gasteiger partial charge is 0.303 e. The molecule has 0 spiro atoms. The van der Waals surface area contributed by atoms with Gasteiger partial charge >= 0.3 is 5.97 Å². The fraction of sp³-hybridized carbons (Fsp3) is 0.750. The van der Waals surface area contributed by atoms with E-state index in [9.17, 15) is 4.79 Å². The molecule has 0 aliphatic carbocycles. The number of carboxylic acids is 1. The molecule has 1 N–H and O–H groups in total. The minimum atomic E-state index is -0.706. The largest absolute Gasteiger partial charge is 0.481 e. The summed E-state index contributed by atoms with van der Waals surface area (Å²) in [5.74, 6) is -0.426. The van der Waals surface area contributed by atoms with Crippen molar-refractivity contribution in [3.63, 3.8) is 0 Å². The van der Waals surface area contributed by atoms with Crippen LogP contribution in [0.4, 0.5) is 0 Å². The molecule has 0 aromatic heterocycles. The number of carbonyl (C=O) groups is 1. The van der Waals surface area contributed by atoms with Crippen LogP contribution in [-0.2, 0) is 4.79 Å². The predicted octanol–water partition coefficient (Wildman–Crippen LogP) is 2.10. The van der Waals surface area contributed by atoms with Crippen LogP contribution in [0.15, 0.2) is 0 Å². The van der Waals surface area contributed by atoms with E-state index in [-0.39, 0.29) is 12.3 Å². The van der Waals surface area contributed by atoms with Crippen LogP contribution in [0, 0.1) is 12.8 Å². The highest BCUT2D eigenvalue weighted by Crippen LogP contribution is 2.14. The number of aliphatic carboxylic acids is 1. The van der Waals surface area contributed by atoms with E-state index in [4.69, 9.17) is 5.11 Å². The van der Waals surface area contributed by atoms with Crippen molar-refractivity contribution >= 4 is 5.97 Å². The van der Waals surface area contributed by atoms with Gasteiger partial charge in [-0.05, 0) is 12.3 Å². The molecule has 0 rings (SSSR count). The Hall–Kier alpha value is -0.530. The summed E-state index contributed by atoms with van der Waals surface area (Å²) in [5, 5.41) is 8.41. The second-order valence-electron chi connectivity index (χ2n) is 2.54. The summed E-state index contributed by atoms with van der Waals surface area (Å²) in [5.41, 5.74) is 0. The second-order valence-corrected chi connectivity index (χ2v) is 2.54. The van der Waals surface area contributed by atoms with Crippen LogP contribution in [0.5, 0.6) is 0 Å². The van der Waals surface area contributed by atoms with Crippen molar-refractivity contribution in [3.05, 3.63) is 6.92 Å². The van der Waals surface area contributed by atoms with Gasteiger partial charge in [0.15, 0.2) is 0 Å². The minimum Gasteiger partial charge on any atom is -0.481 e. The highest BCUT2D eigenvalue weighted by atomic mass is 16.4. The molecule has 59 valence electrons. The van der Waals surface area contributed by atoms with Crippen LogP contribution < -0.4 is 0 Å². The average Bonchev–Trinajstić information content (AvgIpc) is 1.86. The van der Waals surface area contributed by atoms with Crippen LogP contribution in [0.25, 0.3) is 0 Å². The molecule has 0 aromatic carbocycles. The van der Waals surface area contributed by atoms with Crippen LogP contribution in [0.3, 0.4) is 0 Å². The molecule has 0 aliphatic heterocycles. The normalized spacial score (nSPS) is 13.0. The first-order valence-electron chi connectivity index (χ1n) is 3.71. The molecule has 0 aromatic rings. The van der Waals surface area contributed by atoms with Crippen LogP contribution in [-0.4, -0.2) is 11.1 Å². The molecule has 1 atom stereocenters. The Kier molecular flexibility index (Phi) is 4.99. The van der Waals surface area contributed by atoms with Crippen molar-refractivity contribution in [1.82, 2.24) is 0 Å². The molecule has 1 unspecified atom stereocenters. The Morgan fingerprint density at radius 1 is 1.70 bits per heavy atom. The Balaban J connectivity index is 3.49. The molecule has 0 bridgehead atoms. The zero-order valence-electron chi connectivity index (χ0n) is 6.47. The summed E-state index contributed by atoms with van der Waals surface area (Å²) in [6.07, 6.45) is 3.04. The molecule has 0 saturated heterocycles. The van der Waals surface area contributed by atoms with Gasteiger partial charge in [-0.25, -0.2) is 0 Å². The van der Waals surface area contributed by atoms with Gasteiger partial charge < -0.3 is 5.11 Å². The summed E-state index contributed by atoms with van der Waals surface area (Å²) in [6.45, 7) is 5.75. The maximum Gasteiger partial charge on any atom is 0.303 e. The fourth-order valence-electron chi connectivity index (χ4n) is 1.00. The van der Waals surface area contributed by atoms with Crippen molar-refractivity contribution in [2.45, 2.75) is 32.6 Å². The summed E-state index contributed by atoms with van der Waals surface area (Å²) < 4.78 is 0.